The van der Waals surface area contributed by atoms with Gasteiger partial charge in [-0.05, 0) is 80.4 Å². The molecule has 4 aromatic rings. The van der Waals surface area contributed by atoms with Crippen molar-refractivity contribution in [2.45, 2.75) is 26.8 Å². The molecule has 1 aromatic heterocycles. The van der Waals surface area contributed by atoms with Crippen LogP contribution < -0.4 is 5.32 Å². The molecule has 33 heavy (non-hydrogen) atoms. The van der Waals surface area contributed by atoms with Crippen LogP contribution in [0.4, 0.5) is 5.69 Å². The fourth-order valence-corrected chi connectivity index (χ4v) is 4.04. The van der Waals surface area contributed by atoms with Crippen LogP contribution in [-0.2, 0) is 4.79 Å². The number of aryl methyl sites for hydroxylation is 2. The van der Waals surface area contributed by atoms with Crippen LogP contribution in [0.3, 0.4) is 0 Å². The van der Waals surface area contributed by atoms with Crippen molar-refractivity contribution in [3.05, 3.63) is 82.9 Å². The molecule has 164 valence electrons. The smallest absolute Gasteiger partial charge is 0.262 e. The highest BCUT2D eigenvalue weighted by atomic mass is 16.2. The van der Waals surface area contributed by atoms with Crippen LogP contribution in [-0.4, -0.2) is 38.6 Å². The Morgan fingerprint density at radius 1 is 0.939 bits per heavy atom. The lowest BCUT2D eigenvalue weighted by atomic mass is 10.1. The molecule has 5 rings (SSSR count). The molecule has 3 aromatic carbocycles. The van der Waals surface area contributed by atoms with E-state index in [9.17, 15) is 14.4 Å². The number of H-pyrrole nitrogens is 1. The fourth-order valence-electron chi connectivity index (χ4n) is 4.04. The molecule has 7 nitrogen and oxygen atoms in total. The van der Waals surface area contributed by atoms with Crippen LogP contribution in [0.15, 0.2) is 60.7 Å². The highest BCUT2D eigenvalue weighted by molar-refractivity contribution is 6.23. The monoisotopic (exact) mass is 438 g/mol. The number of carbonyl (C=O) groups is 3. The molecule has 1 aliphatic rings. The zero-order chi connectivity index (χ0) is 23.3. The molecular formula is C26H22N4O3. The lowest BCUT2D eigenvalue weighted by molar-refractivity contribution is -0.119. The molecule has 1 unspecified atom stereocenters. The van der Waals surface area contributed by atoms with Crippen molar-refractivity contribution in [3.63, 3.8) is 0 Å². The largest absolute Gasteiger partial charge is 0.338 e. The molecule has 0 saturated heterocycles. The Morgan fingerprint density at radius 3 is 2.18 bits per heavy atom. The van der Waals surface area contributed by atoms with Gasteiger partial charge in [0.1, 0.15) is 11.9 Å². The number of imidazole rings is 1. The number of amides is 3. The van der Waals surface area contributed by atoms with E-state index in [1.807, 2.05) is 12.1 Å². The van der Waals surface area contributed by atoms with Gasteiger partial charge >= 0.3 is 0 Å². The number of imide groups is 1. The standard InChI is InChI=1S/C26H22N4O3/c1-14-12-21-22(13-15(14)2)29-23(28-21)17-8-10-18(11-9-17)27-24(31)16(3)30-25(32)19-6-4-5-7-20(19)26(30)33/h4-13,16H,1-3H3,(H,27,31)(H,28,29). The first kappa shape index (κ1) is 20.6. The fraction of sp³-hybridized carbons (Fsp3) is 0.154. The minimum atomic E-state index is -0.945. The van der Waals surface area contributed by atoms with Crippen molar-refractivity contribution in [2.75, 3.05) is 5.32 Å². The second kappa shape index (κ2) is 7.70. The zero-order valence-corrected chi connectivity index (χ0v) is 18.5. The van der Waals surface area contributed by atoms with E-state index < -0.39 is 23.8 Å². The van der Waals surface area contributed by atoms with Gasteiger partial charge in [0.05, 0.1) is 22.2 Å². The van der Waals surface area contributed by atoms with Crippen LogP contribution in [0.25, 0.3) is 22.4 Å². The number of aromatic nitrogens is 2. The number of fused-ring (bicyclic) bond motifs is 2. The molecule has 7 heteroatoms. The second-order valence-corrected chi connectivity index (χ2v) is 8.31. The predicted molar refractivity (Wildman–Crippen MR) is 126 cm³/mol. The van der Waals surface area contributed by atoms with E-state index in [0.29, 0.717) is 16.8 Å². The summed E-state index contributed by atoms with van der Waals surface area (Å²) in [4.78, 5) is 47.1. The topological polar surface area (TPSA) is 95.2 Å². The van der Waals surface area contributed by atoms with Gasteiger partial charge in [-0.25, -0.2) is 4.98 Å². The summed E-state index contributed by atoms with van der Waals surface area (Å²) >= 11 is 0. The number of rotatable bonds is 4. The summed E-state index contributed by atoms with van der Waals surface area (Å²) in [6.07, 6.45) is 0. The maximum Gasteiger partial charge on any atom is 0.262 e. The van der Waals surface area contributed by atoms with Crippen LogP contribution in [0.2, 0.25) is 0 Å². The Labute approximate surface area is 190 Å². The number of aromatic amines is 1. The zero-order valence-electron chi connectivity index (χ0n) is 18.5. The van der Waals surface area contributed by atoms with E-state index in [-0.39, 0.29) is 0 Å². The third kappa shape index (κ3) is 3.47. The molecule has 1 atom stereocenters. The molecule has 0 aliphatic carbocycles. The summed E-state index contributed by atoms with van der Waals surface area (Å²) in [6.45, 7) is 5.67. The first-order chi connectivity index (χ1) is 15.8. The molecule has 0 radical (unpaired) electrons. The average Bonchev–Trinajstić information content (AvgIpc) is 3.32. The molecule has 0 saturated carbocycles. The summed E-state index contributed by atoms with van der Waals surface area (Å²) in [6, 6.07) is 17.0. The number of nitrogens with one attached hydrogen (secondary N) is 2. The Bertz CT molecular complexity index is 1360. The van der Waals surface area contributed by atoms with Crippen molar-refractivity contribution >= 4 is 34.4 Å². The molecular weight excluding hydrogens is 416 g/mol. The molecule has 0 spiro atoms. The third-order valence-electron chi connectivity index (χ3n) is 6.12. The number of hydrogen-bond donors (Lipinski definition) is 2. The molecule has 2 heterocycles. The molecule has 2 N–H and O–H groups in total. The van der Waals surface area contributed by atoms with Crippen molar-refractivity contribution in [1.82, 2.24) is 14.9 Å². The highest BCUT2D eigenvalue weighted by Crippen LogP contribution is 2.26. The van der Waals surface area contributed by atoms with E-state index >= 15 is 0 Å². The van der Waals surface area contributed by atoms with E-state index in [0.717, 1.165) is 27.3 Å². The Kier molecular flexibility index (Phi) is 4.82. The van der Waals surface area contributed by atoms with Gasteiger partial charge < -0.3 is 10.3 Å². The summed E-state index contributed by atoms with van der Waals surface area (Å²) in [5.74, 6) is -0.605. The van der Waals surface area contributed by atoms with Gasteiger partial charge in [0.15, 0.2) is 0 Å². The normalized spacial score (nSPS) is 14.0. The molecule has 1 aliphatic heterocycles. The van der Waals surface area contributed by atoms with Crippen molar-refractivity contribution < 1.29 is 14.4 Å². The summed E-state index contributed by atoms with van der Waals surface area (Å²) in [7, 11) is 0. The average molecular weight is 438 g/mol. The number of nitrogens with zero attached hydrogens (tertiary/aromatic N) is 2. The Morgan fingerprint density at radius 2 is 1.55 bits per heavy atom. The summed E-state index contributed by atoms with van der Waals surface area (Å²) < 4.78 is 0. The lowest BCUT2D eigenvalue weighted by Gasteiger charge is -2.21. The van der Waals surface area contributed by atoms with Crippen molar-refractivity contribution in [3.8, 4) is 11.4 Å². The third-order valence-corrected chi connectivity index (χ3v) is 6.12. The summed E-state index contributed by atoms with van der Waals surface area (Å²) in [5.41, 5.74) is 6.35. The second-order valence-electron chi connectivity index (χ2n) is 8.31. The SMILES string of the molecule is Cc1cc2nc(-c3ccc(NC(=O)C(C)N4C(=O)c5ccccc5C4=O)cc3)[nH]c2cc1C. The number of carbonyl (C=O) groups excluding carboxylic acids is 3. The van der Waals surface area contributed by atoms with E-state index in [2.05, 4.69) is 41.3 Å². The quantitative estimate of drug-likeness (QED) is 0.460. The molecule has 0 fully saturated rings. The number of benzene rings is 3. The minimum absolute atomic E-state index is 0.322. The lowest BCUT2D eigenvalue weighted by Crippen LogP contribution is -2.45. The van der Waals surface area contributed by atoms with Gasteiger partial charge in [-0.3, -0.25) is 19.3 Å². The number of anilines is 1. The van der Waals surface area contributed by atoms with Crippen LogP contribution in [0.1, 0.15) is 38.8 Å². The van der Waals surface area contributed by atoms with Gasteiger partial charge in [-0.15, -0.1) is 0 Å². The maximum atomic E-state index is 12.8. The Hall–Kier alpha value is -4.26. The maximum absolute atomic E-state index is 12.8. The first-order valence-corrected chi connectivity index (χ1v) is 10.7. The van der Waals surface area contributed by atoms with E-state index in [1.165, 1.54) is 11.1 Å². The predicted octanol–water partition coefficient (Wildman–Crippen LogP) is 4.47. The van der Waals surface area contributed by atoms with Gasteiger partial charge in [-0.1, -0.05) is 12.1 Å². The van der Waals surface area contributed by atoms with Crippen LogP contribution in [0, 0.1) is 13.8 Å². The summed E-state index contributed by atoms with van der Waals surface area (Å²) in [5, 5.41) is 2.79. The van der Waals surface area contributed by atoms with E-state index in [4.69, 9.17) is 0 Å². The number of hydrogen-bond acceptors (Lipinski definition) is 4. The van der Waals surface area contributed by atoms with Crippen molar-refractivity contribution in [1.29, 1.82) is 0 Å². The van der Waals surface area contributed by atoms with Crippen LogP contribution >= 0.6 is 0 Å². The first-order valence-electron chi connectivity index (χ1n) is 10.7. The van der Waals surface area contributed by atoms with Gasteiger partial charge in [-0.2, -0.15) is 0 Å². The molecule has 0 bridgehead atoms. The van der Waals surface area contributed by atoms with Gasteiger partial charge in [0, 0.05) is 11.3 Å². The van der Waals surface area contributed by atoms with E-state index in [1.54, 1.807) is 43.3 Å². The van der Waals surface area contributed by atoms with Crippen molar-refractivity contribution in [2.24, 2.45) is 0 Å². The molecule has 3 amide bonds. The minimum Gasteiger partial charge on any atom is -0.338 e. The highest BCUT2D eigenvalue weighted by Gasteiger charge is 2.40. The van der Waals surface area contributed by atoms with Crippen LogP contribution in [0.5, 0.6) is 0 Å². The Balaban J connectivity index is 1.32. The van der Waals surface area contributed by atoms with Gasteiger partial charge in [0.2, 0.25) is 5.91 Å². The van der Waals surface area contributed by atoms with Gasteiger partial charge in [0.25, 0.3) is 11.8 Å².